The first-order valence-electron chi connectivity index (χ1n) is 9.10. The first kappa shape index (κ1) is 21.4. The predicted octanol–water partition coefficient (Wildman–Crippen LogP) is 3.88. The molecule has 1 aliphatic rings. The number of aliphatic hydroxyl groups is 1. The number of aliphatic hydroxyl groups excluding tert-OH is 1. The number of carboxylic acids is 2. The molecule has 5 nitrogen and oxygen atoms in total. The molecule has 0 fully saturated rings. The second-order valence-electron chi connectivity index (χ2n) is 7.56. The molecule has 3 N–H and O–H groups in total. The van der Waals surface area contributed by atoms with Gasteiger partial charge in [0.1, 0.15) is 5.41 Å². The highest BCUT2D eigenvalue weighted by molar-refractivity contribution is 5.94. The highest BCUT2D eigenvalue weighted by Crippen LogP contribution is 2.54. The van der Waals surface area contributed by atoms with E-state index in [-0.39, 0.29) is 17.4 Å². The van der Waals surface area contributed by atoms with E-state index in [9.17, 15) is 24.9 Å². The van der Waals surface area contributed by atoms with Crippen molar-refractivity contribution in [2.45, 2.75) is 60.8 Å². The summed E-state index contributed by atoms with van der Waals surface area (Å²) >= 11 is 0. The van der Waals surface area contributed by atoms with Crippen molar-refractivity contribution in [3.8, 4) is 0 Å². The average Bonchev–Trinajstić information content (AvgIpc) is 2.50. The Hall–Kier alpha value is -1.62. The molecule has 2 unspecified atom stereocenters. The van der Waals surface area contributed by atoms with Gasteiger partial charge in [-0.25, -0.2) is 4.79 Å². The average molecular weight is 352 g/mol. The summed E-state index contributed by atoms with van der Waals surface area (Å²) in [5, 5.41) is 30.1. The Morgan fingerprint density at radius 1 is 1.16 bits per heavy atom. The number of allylic oxidation sites excluding steroid dienone is 2. The summed E-state index contributed by atoms with van der Waals surface area (Å²) in [7, 11) is 0. The number of hydrogen-bond donors (Lipinski definition) is 3. The van der Waals surface area contributed by atoms with Gasteiger partial charge in [-0.2, -0.15) is 0 Å². The van der Waals surface area contributed by atoms with Gasteiger partial charge in [0.25, 0.3) is 0 Å². The van der Waals surface area contributed by atoms with Gasteiger partial charge in [-0.05, 0) is 42.7 Å². The number of carboxylic acid groups (broad SMARTS) is 2. The zero-order valence-corrected chi connectivity index (χ0v) is 16.2. The van der Waals surface area contributed by atoms with Crippen LogP contribution < -0.4 is 0 Å². The van der Waals surface area contributed by atoms with E-state index in [1.165, 1.54) is 0 Å². The Morgan fingerprint density at radius 2 is 1.72 bits per heavy atom. The van der Waals surface area contributed by atoms with Crippen LogP contribution in [-0.2, 0) is 9.59 Å². The molecule has 0 amide bonds. The molecule has 0 aromatic carbocycles. The lowest BCUT2D eigenvalue weighted by molar-refractivity contribution is -0.154. The van der Waals surface area contributed by atoms with E-state index in [1.54, 1.807) is 20.8 Å². The Balaban J connectivity index is 3.94. The molecule has 0 aromatic heterocycles. The van der Waals surface area contributed by atoms with Crippen molar-refractivity contribution in [3.05, 3.63) is 22.3 Å². The number of rotatable bonds is 8. The van der Waals surface area contributed by atoms with E-state index in [0.29, 0.717) is 12.0 Å². The third-order valence-electron chi connectivity index (χ3n) is 5.61. The maximum absolute atomic E-state index is 12.4. The van der Waals surface area contributed by atoms with Crippen molar-refractivity contribution >= 4 is 11.9 Å². The van der Waals surface area contributed by atoms with Crippen LogP contribution >= 0.6 is 0 Å². The van der Waals surface area contributed by atoms with Crippen molar-refractivity contribution in [2.75, 3.05) is 6.61 Å². The zero-order chi connectivity index (χ0) is 19.5. The van der Waals surface area contributed by atoms with Crippen molar-refractivity contribution in [2.24, 2.45) is 23.2 Å². The van der Waals surface area contributed by atoms with Gasteiger partial charge < -0.3 is 15.3 Å². The van der Waals surface area contributed by atoms with Crippen LogP contribution in [0.4, 0.5) is 0 Å². The van der Waals surface area contributed by atoms with Gasteiger partial charge in [0.15, 0.2) is 0 Å². The van der Waals surface area contributed by atoms with Gasteiger partial charge in [0, 0.05) is 11.5 Å². The highest BCUT2D eigenvalue weighted by Gasteiger charge is 2.56. The smallest absolute Gasteiger partial charge is 0.332 e. The third kappa shape index (κ3) is 3.39. The Morgan fingerprint density at radius 3 is 2.04 bits per heavy atom. The molecule has 1 rings (SSSR count). The Labute approximate surface area is 150 Å². The molecule has 5 heteroatoms. The third-order valence-corrected chi connectivity index (χ3v) is 5.61. The highest BCUT2D eigenvalue weighted by atomic mass is 16.4. The van der Waals surface area contributed by atoms with E-state index >= 15 is 0 Å². The summed E-state index contributed by atoms with van der Waals surface area (Å²) in [5.74, 6) is -3.47. The summed E-state index contributed by atoms with van der Waals surface area (Å²) in [6.07, 6.45) is 2.33. The molecule has 0 aromatic rings. The van der Waals surface area contributed by atoms with E-state index in [1.807, 2.05) is 20.8 Å². The molecule has 25 heavy (non-hydrogen) atoms. The van der Waals surface area contributed by atoms with E-state index in [2.05, 4.69) is 0 Å². The van der Waals surface area contributed by atoms with E-state index in [0.717, 1.165) is 24.0 Å². The molecule has 0 spiro atoms. The standard InChI is InChI=1S/C20H32O5/c1-7-8-9-14-16(11(2)3)13(6)20(12(4)5,19(24)25)15(10-21)17(14)18(22)23/h11-12,15,21H,7-10H2,1-6H3,(H,22,23)(H,24,25). The van der Waals surface area contributed by atoms with Gasteiger partial charge in [-0.15, -0.1) is 0 Å². The first-order chi connectivity index (χ1) is 11.6. The van der Waals surface area contributed by atoms with Gasteiger partial charge >= 0.3 is 11.9 Å². The van der Waals surface area contributed by atoms with Crippen LogP contribution in [-0.4, -0.2) is 33.9 Å². The SMILES string of the molecule is CCCCC1=C(C(=O)O)C(CO)C(C(=O)O)(C(C)C)C(C)=C1C(C)C. The lowest BCUT2D eigenvalue weighted by atomic mass is 9.55. The van der Waals surface area contributed by atoms with Gasteiger partial charge in [0.05, 0.1) is 6.61 Å². The molecule has 142 valence electrons. The number of carbonyl (C=O) groups is 2. The van der Waals surface area contributed by atoms with Crippen molar-refractivity contribution in [1.29, 1.82) is 0 Å². The quantitative estimate of drug-likeness (QED) is 0.616. The first-order valence-corrected chi connectivity index (χ1v) is 9.10. The maximum atomic E-state index is 12.4. The summed E-state index contributed by atoms with van der Waals surface area (Å²) in [5.41, 5.74) is 0.934. The molecule has 0 radical (unpaired) electrons. The second kappa shape index (κ2) is 8.17. The topological polar surface area (TPSA) is 94.8 Å². The van der Waals surface area contributed by atoms with Crippen LogP contribution in [0.3, 0.4) is 0 Å². The largest absolute Gasteiger partial charge is 0.481 e. The fourth-order valence-corrected chi connectivity index (χ4v) is 4.60. The minimum Gasteiger partial charge on any atom is -0.481 e. The second-order valence-corrected chi connectivity index (χ2v) is 7.56. The van der Waals surface area contributed by atoms with E-state index in [4.69, 9.17) is 0 Å². The monoisotopic (exact) mass is 352 g/mol. The maximum Gasteiger partial charge on any atom is 0.332 e. The van der Waals surface area contributed by atoms with Crippen LogP contribution in [0, 0.1) is 23.2 Å². The van der Waals surface area contributed by atoms with Crippen molar-refractivity contribution < 1.29 is 24.9 Å². The molecular weight excluding hydrogens is 320 g/mol. The molecule has 0 saturated heterocycles. The van der Waals surface area contributed by atoms with Crippen LogP contribution in [0.2, 0.25) is 0 Å². The molecule has 2 atom stereocenters. The minimum absolute atomic E-state index is 0.0123. The Bertz CT molecular complexity index is 597. The van der Waals surface area contributed by atoms with Crippen LogP contribution in [0.1, 0.15) is 60.8 Å². The lowest BCUT2D eigenvalue weighted by Crippen LogP contribution is -2.50. The van der Waals surface area contributed by atoms with Gasteiger partial charge in [0.2, 0.25) is 0 Å². The van der Waals surface area contributed by atoms with Crippen molar-refractivity contribution in [3.63, 3.8) is 0 Å². The zero-order valence-electron chi connectivity index (χ0n) is 16.2. The minimum atomic E-state index is -1.40. The van der Waals surface area contributed by atoms with E-state index < -0.39 is 29.9 Å². The summed E-state index contributed by atoms with van der Waals surface area (Å²) in [4.78, 5) is 24.5. The molecule has 0 bridgehead atoms. The summed E-state index contributed by atoms with van der Waals surface area (Å²) in [6, 6.07) is 0. The molecular formula is C20H32O5. The number of hydrogen-bond acceptors (Lipinski definition) is 3. The van der Waals surface area contributed by atoms with Crippen LogP contribution in [0.5, 0.6) is 0 Å². The number of aliphatic carboxylic acids is 2. The van der Waals surface area contributed by atoms with Gasteiger partial charge in [-0.3, -0.25) is 4.79 Å². The number of unbranched alkanes of at least 4 members (excludes halogenated alkanes) is 1. The van der Waals surface area contributed by atoms with Gasteiger partial charge in [-0.1, -0.05) is 46.6 Å². The summed E-state index contributed by atoms with van der Waals surface area (Å²) < 4.78 is 0. The Kier molecular flexibility index (Phi) is 7.00. The lowest BCUT2D eigenvalue weighted by Gasteiger charge is -2.47. The van der Waals surface area contributed by atoms with Crippen LogP contribution in [0.25, 0.3) is 0 Å². The molecule has 0 saturated carbocycles. The fraction of sp³-hybridized carbons (Fsp3) is 0.700. The van der Waals surface area contributed by atoms with Crippen molar-refractivity contribution in [1.82, 2.24) is 0 Å². The van der Waals surface area contributed by atoms with Crippen LogP contribution in [0.15, 0.2) is 22.3 Å². The fourth-order valence-electron chi connectivity index (χ4n) is 4.60. The summed E-state index contributed by atoms with van der Waals surface area (Å²) in [6.45, 7) is 10.9. The molecule has 0 aliphatic heterocycles. The molecule has 0 heterocycles. The predicted molar refractivity (Wildman–Crippen MR) is 97.2 cm³/mol. The normalized spacial score (nSPS) is 24.4. The molecule has 1 aliphatic carbocycles.